The number of hydrogen-bond acceptors (Lipinski definition) is 14. The quantitative estimate of drug-likeness (QED) is 0.127. The van der Waals surface area contributed by atoms with Crippen molar-refractivity contribution in [2.24, 2.45) is 28.2 Å². The van der Waals surface area contributed by atoms with Gasteiger partial charge in [0, 0.05) is 143 Å². The van der Waals surface area contributed by atoms with Gasteiger partial charge < -0.3 is 9.47 Å². The van der Waals surface area contributed by atoms with E-state index >= 15 is 0 Å². The molecular weight excluding hydrogens is 951 g/mol. The molecule has 10 aromatic heterocycles. The number of hydrogen-bond donors (Lipinski definition) is 0. The molecule has 0 bridgehead atoms. The van der Waals surface area contributed by atoms with Gasteiger partial charge in [-0.3, -0.25) is 37.5 Å². The van der Waals surface area contributed by atoms with E-state index < -0.39 is 5.82 Å². The summed E-state index contributed by atoms with van der Waals surface area (Å²) >= 11 is 9.64. The zero-order chi connectivity index (χ0) is 48.2. The third-order valence-electron chi connectivity index (χ3n) is 11.4. The van der Waals surface area contributed by atoms with Crippen LogP contribution in [0.3, 0.4) is 0 Å². The maximum atomic E-state index is 14.8. The third-order valence-corrected chi connectivity index (χ3v) is 13.7. The Kier molecular flexibility index (Phi) is 11.5. The van der Waals surface area contributed by atoms with Crippen molar-refractivity contribution in [2.45, 2.75) is 20.1 Å². The second kappa shape index (κ2) is 18.1. The monoisotopic (exact) mass is 988 g/mol. The molecule has 0 fully saturated rings. The summed E-state index contributed by atoms with van der Waals surface area (Å²) in [5, 5.41) is 37.6. The molecule has 12 rings (SSSR count). The van der Waals surface area contributed by atoms with E-state index in [9.17, 15) is 4.39 Å². The Bertz CT molecular complexity index is 3950. The SMILES string of the molecule is COc1c(-c2cnn(C)c2)cnc2ccc(Sc3nnc4c(OC)cc(-c5cnn(C)c5)cn34)cc12.Cn1cc(-c2cc(F)c3nnc(Sc4ccc5ncc(-c6cnn(C)c6)c(Cl)c5c4)n3c2)cn1. The van der Waals surface area contributed by atoms with Crippen molar-refractivity contribution in [1.29, 1.82) is 0 Å². The summed E-state index contributed by atoms with van der Waals surface area (Å²) in [6, 6.07) is 15.2. The van der Waals surface area contributed by atoms with Gasteiger partial charge >= 0.3 is 0 Å². The van der Waals surface area contributed by atoms with E-state index in [1.807, 2.05) is 119 Å². The topological polar surface area (TPSA) is 176 Å². The summed E-state index contributed by atoms with van der Waals surface area (Å²) < 4.78 is 36.7. The molecule has 18 nitrogen and oxygen atoms in total. The average molecular weight is 990 g/mol. The molecular formula is C48H38ClFN16O2S2. The van der Waals surface area contributed by atoms with Crippen LogP contribution in [0.4, 0.5) is 4.39 Å². The molecule has 0 saturated carbocycles. The first-order valence-electron chi connectivity index (χ1n) is 21.3. The Morgan fingerprint density at radius 3 is 1.53 bits per heavy atom. The molecule has 0 aliphatic heterocycles. The number of ether oxygens (including phenoxy) is 2. The highest BCUT2D eigenvalue weighted by molar-refractivity contribution is 7.99. The zero-order valence-corrected chi connectivity index (χ0v) is 40.5. The highest BCUT2D eigenvalue weighted by atomic mass is 35.5. The Morgan fingerprint density at radius 1 is 0.500 bits per heavy atom. The normalized spacial score (nSPS) is 11.5. The predicted molar refractivity (Wildman–Crippen MR) is 265 cm³/mol. The van der Waals surface area contributed by atoms with Gasteiger partial charge in [0.05, 0.1) is 55.1 Å². The number of pyridine rings is 4. The fourth-order valence-electron chi connectivity index (χ4n) is 8.00. The van der Waals surface area contributed by atoms with Crippen LogP contribution >= 0.6 is 35.1 Å². The fraction of sp³-hybridized carbons (Fsp3) is 0.125. The summed E-state index contributed by atoms with van der Waals surface area (Å²) in [4.78, 5) is 11.1. The minimum atomic E-state index is -0.451. The molecule has 0 N–H and O–H groups in total. The van der Waals surface area contributed by atoms with Crippen LogP contribution in [0, 0.1) is 5.82 Å². The van der Waals surface area contributed by atoms with Crippen molar-refractivity contribution in [3.8, 4) is 56.0 Å². The van der Waals surface area contributed by atoms with Crippen LogP contribution in [0.1, 0.15) is 0 Å². The van der Waals surface area contributed by atoms with Crippen molar-refractivity contribution < 1.29 is 13.9 Å². The van der Waals surface area contributed by atoms with Crippen molar-refractivity contribution >= 4 is 68.2 Å². The largest absolute Gasteiger partial charge is 0.495 e. The van der Waals surface area contributed by atoms with Crippen molar-refractivity contribution in [3.63, 3.8) is 0 Å². The summed E-state index contributed by atoms with van der Waals surface area (Å²) in [6.45, 7) is 0. The molecule has 0 aliphatic rings. The van der Waals surface area contributed by atoms with Crippen molar-refractivity contribution in [1.82, 2.24) is 78.3 Å². The smallest absolute Gasteiger partial charge is 0.203 e. The number of nitrogens with zero attached hydrogens (tertiary/aromatic N) is 16. The lowest BCUT2D eigenvalue weighted by Gasteiger charge is -2.11. The first-order chi connectivity index (χ1) is 34.0. The highest BCUT2D eigenvalue weighted by Gasteiger charge is 2.19. The van der Waals surface area contributed by atoms with Crippen LogP contribution in [0.2, 0.25) is 5.02 Å². The van der Waals surface area contributed by atoms with E-state index in [1.54, 1.807) is 62.1 Å². The summed E-state index contributed by atoms with van der Waals surface area (Å²) in [5.41, 5.74) is 9.38. The van der Waals surface area contributed by atoms with Gasteiger partial charge in [-0.15, -0.1) is 20.4 Å². The predicted octanol–water partition coefficient (Wildman–Crippen LogP) is 9.27. The van der Waals surface area contributed by atoms with Gasteiger partial charge in [-0.1, -0.05) is 11.6 Å². The minimum absolute atomic E-state index is 0.162. The van der Waals surface area contributed by atoms with Crippen molar-refractivity contribution in [2.75, 3.05) is 14.2 Å². The van der Waals surface area contributed by atoms with Gasteiger partial charge in [0.25, 0.3) is 0 Å². The summed E-state index contributed by atoms with van der Waals surface area (Å²) in [6.07, 6.45) is 22.1. The first kappa shape index (κ1) is 44.4. The summed E-state index contributed by atoms with van der Waals surface area (Å²) in [7, 11) is 10.8. The molecule has 0 aliphatic carbocycles. The van der Waals surface area contributed by atoms with E-state index in [2.05, 4.69) is 56.8 Å². The van der Waals surface area contributed by atoms with E-state index in [1.165, 1.54) is 29.6 Å². The van der Waals surface area contributed by atoms with Gasteiger partial charge in [0.2, 0.25) is 16.0 Å². The number of aromatic nitrogens is 16. The molecule has 10 heterocycles. The molecule has 0 unspecified atom stereocenters. The van der Waals surface area contributed by atoms with Gasteiger partial charge in [-0.2, -0.15) is 20.4 Å². The Balaban J connectivity index is 0.000000153. The molecule has 0 atom stereocenters. The van der Waals surface area contributed by atoms with Gasteiger partial charge in [0.15, 0.2) is 17.2 Å². The molecule has 12 aromatic rings. The third kappa shape index (κ3) is 8.32. The molecule has 348 valence electrons. The molecule has 0 saturated heterocycles. The van der Waals surface area contributed by atoms with Crippen LogP contribution in [-0.4, -0.2) is 92.5 Å². The second-order valence-electron chi connectivity index (χ2n) is 16.1. The van der Waals surface area contributed by atoms with Crippen LogP contribution in [0.15, 0.2) is 143 Å². The van der Waals surface area contributed by atoms with E-state index in [-0.39, 0.29) is 5.65 Å². The molecule has 0 spiro atoms. The number of rotatable bonds is 10. The zero-order valence-electron chi connectivity index (χ0n) is 38.1. The Labute approximate surface area is 410 Å². The van der Waals surface area contributed by atoms with Crippen LogP contribution in [-0.2, 0) is 28.2 Å². The molecule has 2 aromatic carbocycles. The minimum Gasteiger partial charge on any atom is -0.495 e. The molecule has 0 radical (unpaired) electrons. The average Bonchev–Trinajstić information content (AvgIpc) is 4.25. The summed E-state index contributed by atoms with van der Waals surface area (Å²) in [5.74, 6) is 0.941. The fourth-order valence-corrected chi connectivity index (χ4v) is 9.99. The maximum absolute atomic E-state index is 14.8. The van der Waals surface area contributed by atoms with E-state index in [0.717, 1.165) is 76.3 Å². The van der Waals surface area contributed by atoms with Gasteiger partial charge in [-0.05, 0) is 72.1 Å². The first-order valence-corrected chi connectivity index (χ1v) is 23.3. The number of aryl methyl sites for hydroxylation is 4. The second-order valence-corrected chi connectivity index (χ2v) is 18.5. The number of methoxy groups -OCH3 is 2. The van der Waals surface area contributed by atoms with E-state index in [4.69, 9.17) is 21.1 Å². The highest BCUT2D eigenvalue weighted by Crippen LogP contribution is 2.40. The molecule has 0 amide bonds. The number of benzene rings is 2. The number of fused-ring (bicyclic) bond motifs is 4. The standard InChI is InChI=1S/C25H22N8O2S.C23H16ClFN8S/c1-31-12-16(9-27-31)15-7-22(34-3)24-29-30-25(33(24)14-15)36-18-5-6-21-19(8-18)23(35-4)20(11-26-21)17-10-28-32(2)13-17;1-31-10-14(7-27-31)13-5-19(25)22-29-30-23(33(22)12-13)34-16-3-4-20-17(6-16)21(24)18(9-26-20)15-8-28-32(2)11-15/h5-14H,1-4H3;3-12H,1-2H3. The lowest BCUT2D eigenvalue weighted by Crippen LogP contribution is -1.94. The van der Waals surface area contributed by atoms with E-state index in [0.29, 0.717) is 32.3 Å². The van der Waals surface area contributed by atoms with Crippen LogP contribution < -0.4 is 9.47 Å². The van der Waals surface area contributed by atoms with Crippen LogP contribution in [0.5, 0.6) is 11.5 Å². The lowest BCUT2D eigenvalue weighted by molar-refractivity contribution is 0.417. The number of halogens is 2. The van der Waals surface area contributed by atoms with Crippen molar-refractivity contribution in [3.05, 3.63) is 134 Å². The van der Waals surface area contributed by atoms with Crippen LogP contribution in [0.25, 0.3) is 77.6 Å². The lowest BCUT2D eigenvalue weighted by atomic mass is 10.1. The Morgan fingerprint density at radius 2 is 0.986 bits per heavy atom. The maximum Gasteiger partial charge on any atom is 0.203 e. The Hall–Kier alpha value is -8.14. The molecule has 70 heavy (non-hydrogen) atoms. The van der Waals surface area contributed by atoms with Gasteiger partial charge in [0.1, 0.15) is 5.75 Å². The van der Waals surface area contributed by atoms with Gasteiger partial charge in [-0.25, -0.2) is 4.39 Å². The molecule has 22 heteroatoms.